The van der Waals surface area contributed by atoms with E-state index >= 15 is 0 Å². The molecule has 1 aliphatic rings. The number of halogens is 3. The summed E-state index contributed by atoms with van der Waals surface area (Å²) in [6, 6.07) is 4.64. The molecule has 2 N–H and O–H groups in total. The summed E-state index contributed by atoms with van der Waals surface area (Å²) in [5.41, 5.74) is 5.67. The van der Waals surface area contributed by atoms with E-state index in [2.05, 4.69) is 6.58 Å². The Morgan fingerprint density at radius 3 is 2.58 bits per heavy atom. The first-order valence-electron chi connectivity index (χ1n) is 5.67. The third-order valence-electron chi connectivity index (χ3n) is 3.11. The van der Waals surface area contributed by atoms with Crippen molar-refractivity contribution in [1.29, 1.82) is 0 Å². The van der Waals surface area contributed by atoms with Crippen LogP contribution < -0.4 is 5.73 Å². The first kappa shape index (κ1) is 13.4. The maximum Gasteiger partial charge on any atom is 0.416 e. The van der Waals surface area contributed by atoms with Gasteiger partial charge >= 0.3 is 6.18 Å². The fourth-order valence-corrected chi connectivity index (χ4v) is 2.14. The standard InChI is InChI=1S/C14H12F3NO/c1-2-8-7-11(18)12(13(8)19)9-4-3-5-10(6-9)14(15,16)17/h2-6,8H,1,7,18H2. The summed E-state index contributed by atoms with van der Waals surface area (Å²) in [5.74, 6) is -0.712. The third-order valence-corrected chi connectivity index (χ3v) is 3.11. The van der Waals surface area contributed by atoms with Crippen LogP contribution in [0.1, 0.15) is 17.5 Å². The van der Waals surface area contributed by atoms with E-state index in [0.29, 0.717) is 12.1 Å². The molecule has 1 unspecified atom stereocenters. The highest BCUT2D eigenvalue weighted by Gasteiger charge is 2.34. The fraction of sp³-hybridized carbons (Fsp3) is 0.214. The van der Waals surface area contributed by atoms with Gasteiger partial charge in [0, 0.05) is 23.6 Å². The van der Waals surface area contributed by atoms with Gasteiger partial charge in [0.05, 0.1) is 5.56 Å². The number of rotatable bonds is 2. The van der Waals surface area contributed by atoms with Gasteiger partial charge in [0.15, 0.2) is 5.78 Å². The van der Waals surface area contributed by atoms with Crippen molar-refractivity contribution in [1.82, 2.24) is 0 Å². The van der Waals surface area contributed by atoms with Crippen molar-refractivity contribution in [3.05, 3.63) is 53.7 Å². The van der Waals surface area contributed by atoms with Gasteiger partial charge in [-0.3, -0.25) is 4.79 Å². The average Bonchev–Trinajstić information content (AvgIpc) is 2.63. The summed E-state index contributed by atoms with van der Waals surface area (Å²) in [7, 11) is 0. The highest BCUT2D eigenvalue weighted by atomic mass is 19.4. The van der Waals surface area contributed by atoms with E-state index in [1.54, 1.807) is 0 Å². The first-order valence-corrected chi connectivity index (χ1v) is 5.67. The zero-order valence-corrected chi connectivity index (χ0v) is 10.00. The lowest BCUT2D eigenvalue weighted by Crippen LogP contribution is -2.09. The minimum Gasteiger partial charge on any atom is -0.401 e. The SMILES string of the molecule is C=CC1CC(N)=C(c2cccc(C(F)(F)F)c2)C1=O. The molecule has 0 saturated heterocycles. The minimum absolute atomic E-state index is 0.177. The maximum atomic E-state index is 12.6. The number of carbonyl (C=O) groups excluding carboxylic acids is 1. The molecule has 0 saturated carbocycles. The monoisotopic (exact) mass is 267 g/mol. The van der Waals surface area contributed by atoms with Crippen molar-refractivity contribution in [2.75, 3.05) is 0 Å². The van der Waals surface area contributed by atoms with E-state index < -0.39 is 17.7 Å². The van der Waals surface area contributed by atoms with Crippen LogP contribution in [0.15, 0.2) is 42.6 Å². The molecule has 5 heteroatoms. The molecule has 100 valence electrons. The Morgan fingerprint density at radius 1 is 1.37 bits per heavy atom. The maximum absolute atomic E-state index is 12.6. The van der Waals surface area contributed by atoms with Crippen molar-refractivity contribution in [2.24, 2.45) is 11.7 Å². The van der Waals surface area contributed by atoms with E-state index in [4.69, 9.17) is 5.73 Å². The number of nitrogens with two attached hydrogens (primary N) is 1. The van der Waals surface area contributed by atoms with Gasteiger partial charge in [-0.1, -0.05) is 18.2 Å². The highest BCUT2D eigenvalue weighted by molar-refractivity contribution is 6.25. The zero-order valence-electron chi connectivity index (χ0n) is 10.00. The summed E-state index contributed by atoms with van der Waals surface area (Å²) >= 11 is 0. The number of benzene rings is 1. The van der Waals surface area contributed by atoms with E-state index in [1.807, 2.05) is 0 Å². The molecule has 0 amide bonds. The summed E-state index contributed by atoms with van der Waals surface area (Å²) in [6.45, 7) is 3.53. The molecule has 0 fully saturated rings. The predicted molar refractivity (Wildman–Crippen MR) is 65.9 cm³/mol. The summed E-state index contributed by atoms with van der Waals surface area (Å²) in [5, 5.41) is 0. The van der Waals surface area contributed by atoms with Gasteiger partial charge in [-0.05, 0) is 17.7 Å². The summed E-state index contributed by atoms with van der Waals surface area (Å²) in [6.07, 6.45) is -2.66. The summed E-state index contributed by atoms with van der Waals surface area (Å²) in [4.78, 5) is 12.0. The molecule has 2 rings (SSSR count). The van der Waals surface area contributed by atoms with Crippen LogP contribution >= 0.6 is 0 Å². The van der Waals surface area contributed by atoms with Gasteiger partial charge < -0.3 is 5.73 Å². The lowest BCUT2D eigenvalue weighted by molar-refractivity contribution is -0.137. The fourth-order valence-electron chi connectivity index (χ4n) is 2.14. The van der Waals surface area contributed by atoms with Crippen LogP contribution in [0.5, 0.6) is 0 Å². The van der Waals surface area contributed by atoms with Gasteiger partial charge in [-0.25, -0.2) is 0 Å². The van der Waals surface area contributed by atoms with Crippen molar-refractivity contribution in [2.45, 2.75) is 12.6 Å². The van der Waals surface area contributed by atoms with Gasteiger partial charge in [0.2, 0.25) is 0 Å². The Hall–Kier alpha value is -2.04. The third kappa shape index (κ3) is 2.41. The second kappa shape index (κ2) is 4.57. The molecule has 0 heterocycles. The molecule has 1 atom stereocenters. The largest absolute Gasteiger partial charge is 0.416 e. The molecule has 2 nitrogen and oxygen atoms in total. The van der Waals surface area contributed by atoms with Crippen molar-refractivity contribution in [3.63, 3.8) is 0 Å². The molecule has 0 aromatic heterocycles. The number of Topliss-reactive ketones (excluding diaryl/α,β-unsaturated/α-hetero) is 1. The van der Waals surface area contributed by atoms with Gasteiger partial charge in [0.1, 0.15) is 0 Å². The smallest absolute Gasteiger partial charge is 0.401 e. The number of ketones is 1. The van der Waals surface area contributed by atoms with Crippen molar-refractivity contribution in [3.8, 4) is 0 Å². The molecule has 1 aromatic rings. The molecular formula is C14H12F3NO. The Morgan fingerprint density at radius 2 is 2.05 bits per heavy atom. The lowest BCUT2D eigenvalue weighted by atomic mass is 9.98. The van der Waals surface area contributed by atoms with Crippen molar-refractivity contribution < 1.29 is 18.0 Å². The molecule has 19 heavy (non-hydrogen) atoms. The molecular weight excluding hydrogens is 255 g/mol. The second-order valence-electron chi connectivity index (χ2n) is 4.39. The first-order chi connectivity index (χ1) is 8.84. The normalized spacial score (nSPS) is 19.9. The number of carbonyl (C=O) groups is 1. The minimum atomic E-state index is -4.44. The van der Waals surface area contributed by atoms with Gasteiger partial charge in [-0.2, -0.15) is 13.2 Å². The Labute approximate surface area is 108 Å². The van der Waals surface area contributed by atoms with E-state index in [1.165, 1.54) is 18.2 Å². The van der Waals surface area contributed by atoms with E-state index in [-0.39, 0.29) is 16.9 Å². The van der Waals surface area contributed by atoms with E-state index in [9.17, 15) is 18.0 Å². The number of hydrogen-bond acceptors (Lipinski definition) is 2. The Bertz CT molecular complexity index is 572. The van der Waals surface area contributed by atoms with E-state index in [0.717, 1.165) is 12.1 Å². The molecule has 0 radical (unpaired) electrons. The number of allylic oxidation sites excluding steroid dienone is 3. The number of alkyl halides is 3. The number of hydrogen-bond donors (Lipinski definition) is 1. The van der Waals surface area contributed by atoms with Gasteiger partial charge in [-0.15, -0.1) is 6.58 Å². The lowest BCUT2D eigenvalue weighted by Gasteiger charge is -2.09. The Kier molecular flexibility index (Phi) is 3.22. The van der Waals surface area contributed by atoms with Crippen LogP contribution in [0, 0.1) is 5.92 Å². The van der Waals surface area contributed by atoms with Crippen LogP contribution in [-0.2, 0) is 11.0 Å². The highest BCUT2D eigenvalue weighted by Crippen LogP contribution is 2.36. The zero-order chi connectivity index (χ0) is 14.2. The van der Waals surface area contributed by atoms with Gasteiger partial charge in [0.25, 0.3) is 0 Å². The van der Waals surface area contributed by atoms with Crippen LogP contribution in [0.3, 0.4) is 0 Å². The quantitative estimate of drug-likeness (QED) is 0.836. The Balaban J connectivity index is 2.46. The van der Waals surface area contributed by atoms with Crippen molar-refractivity contribution >= 4 is 11.4 Å². The van der Waals surface area contributed by atoms with Crippen LogP contribution in [0.25, 0.3) is 5.57 Å². The van der Waals surface area contributed by atoms with Crippen LogP contribution in [0.4, 0.5) is 13.2 Å². The molecule has 0 bridgehead atoms. The average molecular weight is 267 g/mol. The summed E-state index contributed by atoms with van der Waals surface area (Å²) < 4.78 is 37.9. The molecule has 0 spiro atoms. The molecule has 1 aromatic carbocycles. The van der Waals surface area contributed by atoms with Crippen LogP contribution in [-0.4, -0.2) is 5.78 Å². The van der Waals surface area contributed by atoms with Crippen LogP contribution in [0.2, 0.25) is 0 Å². The second-order valence-corrected chi connectivity index (χ2v) is 4.39. The molecule has 0 aliphatic heterocycles. The topological polar surface area (TPSA) is 43.1 Å². The predicted octanol–water partition coefficient (Wildman–Crippen LogP) is 3.15. The molecule has 1 aliphatic carbocycles.